The highest BCUT2D eigenvalue weighted by atomic mass is 32.2. The van der Waals surface area contributed by atoms with Gasteiger partial charge in [-0.2, -0.15) is 5.26 Å². The average Bonchev–Trinajstić information content (AvgIpc) is 2.53. The lowest BCUT2D eigenvalue weighted by atomic mass is 10.0. The van der Waals surface area contributed by atoms with Gasteiger partial charge in [0.15, 0.2) is 11.5 Å². The number of ether oxygens (including phenoxy) is 2. The summed E-state index contributed by atoms with van der Waals surface area (Å²) in [5.41, 5.74) is 1.00. The van der Waals surface area contributed by atoms with Crippen molar-refractivity contribution in [2.45, 2.75) is 42.6 Å². The molecule has 1 aliphatic rings. The van der Waals surface area contributed by atoms with Crippen LogP contribution in [0.5, 0.6) is 11.5 Å². The third kappa shape index (κ3) is 3.61. The summed E-state index contributed by atoms with van der Waals surface area (Å²) in [5, 5.41) is 9.94. The molecule has 0 N–H and O–H groups in total. The molecule has 3 nitrogen and oxygen atoms in total. The second kappa shape index (κ2) is 7.44. The molecule has 0 unspecified atom stereocenters. The Kier molecular flexibility index (Phi) is 5.60. The van der Waals surface area contributed by atoms with Crippen LogP contribution in [0.3, 0.4) is 0 Å². The zero-order valence-corrected chi connectivity index (χ0v) is 12.9. The topological polar surface area (TPSA) is 42.2 Å². The van der Waals surface area contributed by atoms with Crippen LogP contribution in [0.15, 0.2) is 18.2 Å². The first-order valence-corrected chi connectivity index (χ1v) is 7.99. The van der Waals surface area contributed by atoms with Crippen LogP contribution in [-0.4, -0.2) is 19.5 Å². The van der Waals surface area contributed by atoms with E-state index in [2.05, 4.69) is 6.07 Å². The van der Waals surface area contributed by atoms with Crippen LogP contribution >= 0.6 is 11.8 Å². The van der Waals surface area contributed by atoms with Crippen LogP contribution in [0.1, 0.15) is 42.9 Å². The SMILES string of the molecule is COc1ccc([C@H](C#N)SC2CCCCC2)cc1OC. The molecule has 1 atom stereocenters. The fraction of sp³-hybridized carbons (Fsp3) is 0.562. The Hall–Kier alpha value is -1.34. The summed E-state index contributed by atoms with van der Waals surface area (Å²) in [5.74, 6) is 1.39. The number of methoxy groups -OCH3 is 2. The van der Waals surface area contributed by atoms with Crippen molar-refractivity contribution in [1.82, 2.24) is 0 Å². The Bertz CT molecular complexity index is 478. The van der Waals surface area contributed by atoms with E-state index in [0.717, 1.165) is 5.56 Å². The molecular formula is C16H21NO2S. The van der Waals surface area contributed by atoms with Gasteiger partial charge in [-0.05, 0) is 30.5 Å². The summed E-state index contributed by atoms with van der Waals surface area (Å²) in [6.45, 7) is 0. The molecule has 1 aromatic carbocycles. The number of hydrogen-bond acceptors (Lipinski definition) is 4. The standard InChI is InChI=1S/C16H21NO2S/c1-18-14-9-8-12(10-15(14)19-2)16(11-17)20-13-6-4-3-5-7-13/h8-10,13,16H,3-7H2,1-2H3/t16-/m0/s1. The number of benzene rings is 1. The van der Waals surface area contributed by atoms with Crippen molar-refractivity contribution in [3.63, 3.8) is 0 Å². The predicted molar refractivity (Wildman–Crippen MR) is 82.4 cm³/mol. The normalized spacial score (nSPS) is 17.2. The molecule has 1 aromatic rings. The number of hydrogen-bond donors (Lipinski definition) is 0. The fourth-order valence-corrected chi connectivity index (χ4v) is 3.95. The highest BCUT2D eigenvalue weighted by molar-refractivity contribution is 8.00. The van der Waals surface area contributed by atoms with Gasteiger partial charge in [0.05, 0.1) is 20.3 Å². The van der Waals surface area contributed by atoms with E-state index < -0.39 is 0 Å². The molecule has 0 bridgehead atoms. The van der Waals surface area contributed by atoms with E-state index in [4.69, 9.17) is 9.47 Å². The van der Waals surface area contributed by atoms with Crippen molar-refractivity contribution >= 4 is 11.8 Å². The number of nitriles is 1. The van der Waals surface area contributed by atoms with Crippen molar-refractivity contribution in [1.29, 1.82) is 5.26 Å². The van der Waals surface area contributed by atoms with Gasteiger partial charge in [0.25, 0.3) is 0 Å². The predicted octanol–water partition coefficient (Wildman–Crippen LogP) is 4.33. The minimum atomic E-state index is -0.127. The maximum atomic E-state index is 9.46. The molecule has 1 saturated carbocycles. The molecule has 2 rings (SSSR count). The van der Waals surface area contributed by atoms with Gasteiger partial charge >= 0.3 is 0 Å². The molecule has 0 heterocycles. The molecule has 1 fully saturated rings. The molecule has 20 heavy (non-hydrogen) atoms. The van der Waals surface area contributed by atoms with Crippen LogP contribution in [-0.2, 0) is 0 Å². The Morgan fingerprint density at radius 3 is 2.45 bits per heavy atom. The molecular weight excluding hydrogens is 270 g/mol. The number of nitrogens with zero attached hydrogens (tertiary/aromatic N) is 1. The van der Waals surface area contributed by atoms with Crippen LogP contribution in [0.2, 0.25) is 0 Å². The third-order valence-electron chi connectivity index (χ3n) is 3.71. The fourth-order valence-electron chi connectivity index (χ4n) is 2.59. The van der Waals surface area contributed by atoms with E-state index in [1.807, 2.05) is 18.2 Å². The van der Waals surface area contributed by atoms with Crippen molar-refractivity contribution in [2.24, 2.45) is 0 Å². The van der Waals surface area contributed by atoms with Gasteiger partial charge in [-0.15, -0.1) is 11.8 Å². The smallest absolute Gasteiger partial charge is 0.161 e. The summed E-state index contributed by atoms with van der Waals surface area (Å²) in [6, 6.07) is 8.18. The Balaban J connectivity index is 2.12. The van der Waals surface area contributed by atoms with Crippen LogP contribution in [0.4, 0.5) is 0 Å². The molecule has 1 aliphatic carbocycles. The summed E-state index contributed by atoms with van der Waals surface area (Å²) >= 11 is 1.79. The minimum Gasteiger partial charge on any atom is -0.493 e. The Morgan fingerprint density at radius 2 is 1.85 bits per heavy atom. The molecule has 0 radical (unpaired) electrons. The van der Waals surface area contributed by atoms with E-state index >= 15 is 0 Å². The van der Waals surface area contributed by atoms with Crippen LogP contribution < -0.4 is 9.47 Å². The number of rotatable bonds is 5. The monoisotopic (exact) mass is 291 g/mol. The van der Waals surface area contributed by atoms with E-state index in [0.29, 0.717) is 16.7 Å². The third-order valence-corrected chi connectivity index (χ3v) is 5.21. The molecule has 0 aliphatic heterocycles. The second-order valence-electron chi connectivity index (χ2n) is 5.02. The quantitative estimate of drug-likeness (QED) is 0.809. The molecule has 0 spiro atoms. The van der Waals surface area contributed by atoms with Gasteiger partial charge < -0.3 is 9.47 Å². The lowest BCUT2D eigenvalue weighted by molar-refractivity contribution is 0.354. The maximum absolute atomic E-state index is 9.46. The van der Waals surface area contributed by atoms with Gasteiger partial charge in [-0.3, -0.25) is 0 Å². The molecule has 0 amide bonds. The van der Waals surface area contributed by atoms with Crippen molar-refractivity contribution in [2.75, 3.05) is 14.2 Å². The Morgan fingerprint density at radius 1 is 1.15 bits per heavy atom. The highest BCUT2D eigenvalue weighted by Gasteiger charge is 2.21. The first-order valence-electron chi connectivity index (χ1n) is 7.05. The number of thioether (sulfide) groups is 1. The molecule has 108 valence electrons. The van der Waals surface area contributed by atoms with E-state index in [9.17, 15) is 5.26 Å². The first kappa shape index (κ1) is 15.1. The zero-order chi connectivity index (χ0) is 14.4. The first-order chi connectivity index (χ1) is 9.78. The maximum Gasteiger partial charge on any atom is 0.161 e. The molecule has 0 aromatic heterocycles. The van der Waals surface area contributed by atoms with Gasteiger partial charge in [0.1, 0.15) is 5.25 Å². The van der Waals surface area contributed by atoms with E-state index in [1.54, 1.807) is 26.0 Å². The van der Waals surface area contributed by atoms with E-state index in [1.165, 1.54) is 32.1 Å². The van der Waals surface area contributed by atoms with Gasteiger partial charge in [-0.1, -0.05) is 25.3 Å². The van der Waals surface area contributed by atoms with Gasteiger partial charge in [0.2, 0.25) is 0 Å². The average molecular weight is 291 g/mol. The lowest BCUT2D eigenvalue weighted by Gasteiger charge is -2.23. The van der Waals surface area contributed by atoms with Crippen molar-refractivity contribution < 1.29 is 9.47 Å². The van der Waals surface area contributed by atoms with Crippen LogP contribution in [0, 0.1) is 11.3 Å². The summed E-state index contributed by atoms with van der Waals surface area (Å²) in [6.07, 6.45) is 6.39. The minimum absolute atomic E-state index is 0.127. The van der Waals surface area contributed by atoms with Crippen molar-refractivity contribution in [3.8, 4) is 17.6 Å². The highest BCUT2D eigenvalue weighted by Crippen LogP contribution is 2.40. The lowest BCUT2D eigenvalue weighted by Crippen LogP contribution is -2.10. The van der Waals surface area contributed by atoms with Crippen molar-refractivity contribution in [3.05, 3.63) is 23.8 Å². The summed E-state index contributed by atoms with van der Waals surface area (Å²) in [4.78, 5) is 0. The van der Waals surface area contributed by atoms with E-state index in [-0.39, 0.29) is 5.25 Å². The molecule has 4 heteroatoms. The zero-order valence-electron chi connectivity index (χ0n) is 12.1. The largest absolute Gasteiger partial charge is 0.493 e. The summed E-state index contributed by atoms with van der Waals surface area (Å²) in [7, 11) is 3.24. The molecule has 0 saturated heterocycles. The summed E-state index contributed by atoms with van der Waals surface area (Å²) < 4.78 is 10.6. The second-order valence-corrected chi connectivity index (χ2v) is 6.43. The van der Waals surface area contributed by atoms with Gasteiger partial charge in [-0.25, -0.2) is 0 Å². The Labute approximate surface area is 125 Å². The van der Waals surface area contributed by atoms with Crippen LogP contribution in [0.25, 0.3) is 0 Å². The van der Waals surface area contributed by atoms with Gasteiger partial charge in [0, 0.05) is 5.25 Å².